The molecule has 2 N–H and O–H groups in total. The second-order valence-electron chi connectivity index (χ2n) is 5.82. The first-order valence-corrected chi connectivity index (χ1v) is 9.47. The van der Waals surface area contributed by atoms with Gasteiger partial charge in [0.15, 0.2) is 9.84 Å². The zero-order valence-corrected chi connectivity index (χ0v) is 13.7. The molecular formula is C16H26N2O2S. The van der Waals surface area contributed by atoms with Crippen LogP contribution in [0.2, 0.25) is 0 Å². The lowest BCUT2D eigenvalue weighted by Crippen LogP contribution is -2.34. The monoisotopic (exact) mass is 310 g/mol. The molecule has 0 spiro atoms. The van der Waals surface area contributed by atoms with Gasteiger partial charge in [-0.3, -0.25) is 0 Å². The van der Waals surface area contributed by atoms with Gasteiger partial charge in [-0.05, 0) is 63.4 Å². The minimum Gasteiger partial charge on any atom is -0.382 e. The fraction of sp³-hybridized carbons (Fsp3) is 0.625. The van der Waals surface area contributed by atoms with Gasteiger partial charge in [-0.15, -0.1) is 0 Å². The summed E-state index contributed by atoms with van der Waals surface area (Å²) in [5.74, 6) is 0.216. The number of hydrogen-bond donors (Lipinski definition) is 2. The van der Waals surface area contributed by atoms with Crippen LogP contribution in [-0.4, -0.2) is 33.3 Å². The van der Waals surface area contributed by atoms with Gasteiger partial charge >= 0.3 is 0 Å². The van der Waals surface area contributed by atoms with Crippen LogP contribution in [0.1, 0.15) is 39.0 Å². The van der Waals surface area contributed by atoms with Crippen LogP contribution in [0.25, 0.3) is 0 Å². The van der Waals surface area contributed by atoms with Gasteiger partial charge in [0, 0.05) is 17.8 Å². The van der Waals surface area contributed by atoms with Crippen LogP contribution < -0.4 is 10.6 Å². The molecule has 0 atom stereocenters. The van der Waals surface area contributed by atoms with Crippen molar-refractivity contribution in [2.75, 3.05) is 18.1 Å². The maximum absolute atomic E-state index is 12.0. The Kier molecular flexibility index (Phi) is 5.65. The molecule has 0 heterocycles. The summed E-state index contributed by atoms with van der Waals surface area (Å²) < 4.78 is 24.0. The Balaban J connectivity index is 1.94. The Morgan fingerprint density at radius 1 is 1.05 bits per heavy atom. The molecular weight excluding hydrogens is 284 g/mol. The summed E-state index contributed by atoms with van der Waals surface area (Å²) in [6.45, 7) is 1.88. The van der Waals surface area contributed by atoms with Crippen molar-refractivity contribution in [2.24, 2.45) is 0 Å². The summed E-state index contributed by atoms with van der Waals surface area (Å²) >= 11 is 0. The molecule has 1 aromatic carbocycles. The van der Waals surface area contributed by atoms with Crippen LogP contribution in [0.5, 0.6) is 0 Å². The summed E-state index contributed by atoms with van der Waals surface area (Å²) in [7, 11) is -1.09. The van der Waals surface area contributed by atoms with E-state index in [-0.39, 0.29) is 5.75 Å². The van der Waals surface area contributed by atoms with E-state index in [0.29, 0.717) is 23.4 Å². The second-order valence-corrected chi connectivity index (χ2v) is 7.93. The smallest absolute Gasteiger partial charge is 0.178 e. The van der Waals surface area contributed by atoms with E-state index in [9.17, 15) is 8.42 Å². The van der Waals surface area contributed by atoms with Gasteiger partial charge in [-0.2, -0.15) is 0 Å². The van der Waals surface area contributed by atoms with Crippen molar-refractivity contribution in [3.63, 3.8) is 0 Å². The predicted octanol–water partition coefficient (Wildman–Crippen LogP) is 2.81. The first-order chi connectivity index (χ1) is 10.0. The van der Waals surface area contributed by atoms with Gasteiger partial charge in [0.25, 0.3) is 0 Å². The van der Waals surface area contributed by atoms with E-state index in [1.807, 2.05) is 26.1 Å². The van der Waals surface area contributed by atoms with Crippen molar-refractivity contribution in [1.29, 1.82) is 0 Å². The highest BCUT2D eigenvalue weighted by Gasteiger charge is 2.20. The average molecular weight is 310 g/mol. The highest BCUT2D eigenvalue weighted by Crippen LogP contribution is 2.23. The lowest BCUT2D eigenvalue weighted by molar-refractivity contribution is 0.371. The van der Waals surface area contributed by atoms with Crippen molar-refractivity contribution in [2.45, 2.75) is 56.0 Å². The fourth-order valence-electron chi connectivity index (χ4n) is 2.91. The van der Waals surface area contributed by atoms with Crippen LogP contribution in [0, 0.1) is 0 Å². The third-order valence-electron chi connectivity index (χ3n) is 4.19. The lowest BCUT2D eigenvalue weighted by Gasteiger charge is -2.29. The third kappa shape index (κ3) is 4.45. The minimum absolute atomic E-state index is 0.216. The van der Waals surface area contributed by atoms with E-state index >= 15 is 0 Å². The molecule has 0 aromatic heterocycles. The first kappa shape index (κ1) is 16.3. The van der Waals surface area contributed by atoms with E-state index in [0.717, 1.165) is 18.5 Å². The molecule has 0 radical (unpaired) electrons. The molecule has 4 nitrogen and oxygen atoms in total. The second kappa shape index (κ2) is 7.27. The molecule has 2 rings (SSSR count). The number of benzene rings is 1. The van der Waals surface area contributed by atoms with Crippen LogP contribution in [0.15, 0.2) is 29.2 Å². The molecule has 1 fully saturated rings. The lowest BCUT2D eigenvalue weighted by atomic mass is 9.91. The maximum atomic E-state index is 12.0. The summed E-state index contributed by atoms with van der Waals surface area (Å²) in [5, 5.41) is 6.84. The van der Waals surface area contributed by atoms with Crippen molar-refractivity contribution in [3.05, 3.63) is 24.3 Å². The Hall–Kier alpha value is -1.07. The molecule has 1 saturated carbocycles. The summed E-state index contributed by atoms with van der Waals surface area (Å²) in [6.07, 6.45) is 5.34. The number of anilines is 1. The van der Waals surface area contributed by atoms with E-state index in [2.05, 4.69) is 10.6 Å². The third-order valence-corrected chi connectivity index (χ3v) is 6.13. The van der Waals surface area contributed by atoms with E-state index in [1.165, 1.54) is 12.8 Å². The number of nitrogens with one attached hydrogen (secondary N) is 2. The highest BCUT2D eigenvalue weighted by atomic mass is 32.2. The number of sulfone groups is 1. The molecule has 0 unspecified atom stereocenters. The molecule has 1 aliphatic rings. The van der Waals surface area contributed by atoms with Gasteiger partial charge in [0.1, 0.15) is 0 Å². The van der Waals surface area contributed by atoms with Crippen molar-refractivity contribution >= 4 is 15.5 Å². The Labute approximate surface area is 128 Å². The normalized spacial score (nSPS) is 23.0. The van der Waals surface area contributed by atoms with Gasteiger partial charge in [-0.1, -0.05) is 6.92 Å². The van der Waals surface area contributed by atoms with Crippen molar-refractivity contribution in [1.82, 2.24) is 5.32 Å². The summed E-state index contributed by atoms with van der Waals surface area (Å²) in [5.41, 5.74) is 1.01. The molecule has 5 heteroatoms. The Bertz CT molecular complexity index is 532. The van der Waals surface area contributed by atoms with Crippen LogP contribution >= 0.6 is 0 Å². The Morgan fingerprint density at radius 2 is 1.62 bits per heavy atom. The first-order valence-electron chi connectivity index (χ1n) is 7.81. The van der Waals surface area contributed by atoms with Gasteiger partial charge in [0.05, 0.1) is 10.6 Å². The van der Waals surface area contributed by atoms with Crippen LogP contribution in [0.4, 0.5) is 5.69 Å². The molecule has 118 valence electrons. The van der Waals surface area contributed by atoms with Crippen molar-refractivity contribution in [3.8, 4) is 0 Å². The maximum Gasteiger partial charge on any atom is 0.178 e. The van der Waals surface area contributed by atoms with Crippen LogP contribution in [0.3, 0.4) is 0 Å². The van der Waals surface area contributed by atoms with E-state index in [4.69, 9.17) is 0 Å². The standard InChI is InChI=1S/C16H26N2O2S/c1-3-12-21(19,20)16-10-8-15(9-11-16)18-14-6-4-13(17-2)5-7-14/h8-11,13-14,17-18H,3-7,12H2,1-2H3. The molecule has 0 saturated heterocycles. The van der Waals surface area contributed by atoms with Crippen LogP contribution in [-0.2, 0) is 9.84 Å². The van der Waals surface area contributed by atoms with Crippen molar-refractivity contribution < 1.29 is 8.42 Å². The molecule has 1 aromatic rings. The fourth-order valence-corrected chi connectivity index (χ4v) is 4.23. The van der Waals surface area contributed by atoms with E-state index in [1.54, 1.807) is 12.1 Å². The largest absolute Gasteiger partial charge is 0.382 e. The SMILES string of the molecule is CCCS(=O)(=O)c1ccc(NC2CCC(NC)CC2)cc1. The highest BCUT2D eigenvalue weighted by molar-refractivity contribution is 7.91. The van der Waals surface area contributed by atoms with Gasteiger partial charge in [0.2, 0.25) is 0 Å². The average Bonchev–Trinajstić information content (AvgIpc) is 2.48. The molecule has 0 amide bonds. The Morgan fingerprint density at radius 3 is 2.14 bits per heavy atom. The molecule has 21 heavy (non-hydrogen) atoms. The van der Waals surface area contributed by atoms with Gasteiger partial charge < -0.3 is 10.6 Å². The summed E-state index contributed by atoms with van der Waals surface area (Å²) in [4.78, 5) is 0.425. The van der Waals surface area contributed by atoms with E-state index < -0.39 is 9.84 Å². The quantitative estimate of drug-likeness (QED) is 0.848. The minimum atomic E-state index is -3.11. The van der Waals surface area contributed by atoms with Gasteiger partial charge in [-0.25, -0.2) is 8.42 Å². The zero-order chi connectivity index (χ0) is 15.3. The molecule has 0 aliphatic heterocycles. The zero-order valence-electron chi connectivity index (χ0n) is 12.9. The summed E-state index contributed by atoms with van der Waals surface area (Å²) in [6, 6.07) is 8.33. The molecule has 1 aliphatic carbocycles. The number of rotatable bonds is 6. The molecule has 0 bridgehead atoms. The number of hydrogen-bond acceptors (Lipinski definition) is 4. The predicted molar refractivity (Wildman–Crippen MR) is 87.5 cm³/mol. The topological polar surface area (TPSA) is 58.2 Å².